The van der Waals surface area contributed by atoms with Crippen LogP contribution < -0.4 is 10.1 Å². The fourth-order valence-corrected chi connectivity index (χ4v) is 1.66. The van der Waals surface area contributed by atoms with Crippen molar-refractivity contribution in [3.8, 4) is 5.75 Å². The van der Waals surface area contributed by atoms with Crippen molar-refractivity contribution in [1.29, 1.82) is 0 Å². The van der Waals surface area contributed by atoms with Crippen LogP contribution in [0.15, 0.2) is 12.1 Å². The molecule has 0 aromatic heterocycles. The normalized spacial score (nSPS) is 10.3. The predicted molar refractivity (Wildman–Crippen MR) is 66.6 cm³/mol. The third-order valence-corrected chi connectivity index (χ3v) is 2.37. The third-order valence-electron chi connectivity index (χ3n) is 2.37. The highest BCUT2D eigenvalue weighted by atomic mass is 16.6. The number of ether oxygens (including phenoxy) is 1. The summed E-state index contributed by atoms with van der Waals surface area (Å²) in [6, 6.07) is 3.42. The molecule has 0 atom stereocenters. The summed E-state index contributed by atoms with van der Waals surface area (Å²) in [6.45, 7) is 7.63. The van der Waals surface area contributed by atoms with Gasteiger partial charge in [0.25, 0.3) is 0 Å². The van der Waals surface area contributed by atoms with Crippen LogP contribution in [-0.2, 0) is 0 Å². The number of nitro groups is 1. The van der Waals surface area contributed by atoms with Gasteiger partial charge in [0, 0.05) is 12.6 Å². The van der Waals surface area contributed by atoms with Crippen molar-refractivity contribution < 1.29 is 9.66 Å². The Hall–Kier alpha value is -1.62. The van der Waals surface area contributed by atoms with E-state index in [1.165, 1.54) is 6.07 Å². The largest absolute Gasteiger partial charge is 0.485 e. The molecule has 5 nitrogen and oxygen atoms in total. The van der Waals surface area contributed by atoms with E-state index < -0.39 is 4.92 Å². The minimum atomic E-state index is -0.400. The van der Waals surface area contributed by atoms with E-state index in [1.807, 2.05) is 26.8 Å². The molecule has 0 aliphatic heterocycles. The Morgan fingerprint density at radius 3 is 2.71 bits per heavy atom. The van der Waals surface area contributed by atoms with E-state index >= 15 is 0 Å². The Morgan fingerprint density at radius 1 is 1.41 bits per heavy atom. The van der Waals surface area contributed by atoms with Gasteiger partial charge in [-0.1, -0.05) is 13.0 Å². The number of nitro benzene ring substituents is 1. The van der Waals surface area contributed by atoms with Crippen LogP contribution in [0.1, 0.15) is 18.1 Å². The molecular weight excluding hydrogens is 220 g/mol. The first kappa shape index (κ1) is 13.4. The van der Waals surface area contributed by atoms with Gasteiger partial charge in [-0.15, -0.1) is 0 Å². The second-order valence-electron chi connectivity index (χ2n) is 3.89. The van der Waals surface area contributed by atoms with E-state index in [-0.39, 0.29) is 5.69 Å². The van der Waals surface area contributed by atoms with Gasteiger partial charge >= 0.3 is 5.69 Å². The Bertz CT molecular complexity index is 405. The first-order valence-corrected chi connectivity index (χ1v) is 5.65. The van der Waals surface area contributed by atoms with Gasteiger partial charge in [0.05, 0.1) is 4.92 Å². The lowest BCUT2D eigenvalue weighted by Gasteiger charge is -2.10. The molecule has 0 unspecified atom stereocenters. The Balaban J connectivity index is 2.85. The smallest absolute Gasteiger partial charge is 0.311 e. The second-order valence-corrected chi connectivity index (χ2v) is 3.89. The summed E-state index contributed by atoms with van der Waals surface area (Å²) in [5.41, 5.74) is 1.71. The van der Waals surface area contributed by atoms with Crippen molar-refractivity contribution in [3.63, 3.8) is 0 Å². The van der Waals surface area contributed by atoms with Gasteiger partial charge in [-0.05, 0) is 31.5 Å². The van der Waals surface area contributed by atoms with Crippen molar-refractivity contribution >= 4 is 5.69 Å². The first-order valence-electron chi connectivity index (χ1n) is 5.65. The zero-order chi connectivity index (χ0) is 12.8. The van der Waals surface area contributed by atoms with Crippen LogP contribution in [0.2, 0.25) is 0 Å². The van der Waals surface area contributed by atoms with Gasteiger partial charge in [-0.25, -0.2) is 0 Å². The van der Waals surface area contributed by atoms with Gasteiger partial charge in [-0.2, -0.15) is 0 Å². The number of hydrogen-bond acceptors (Lipinski definition) is 4. The minimum Gasteiger partial charge on any atom is -0.485 e. The summed E-state index contributed by atoms with van der Waals surface area (Å²) in [5.74, 6) is 0.374. The van der Waals surface area contributed by atoms with Crippen LogP contribution in [0.3, 0.4) is 0 Å². The summed E-state index contributed by atoms with van der Waals surface area (Å²) < 4.78 is 5.48. The molecule has 17 heavy (non-hydrogen) atoms. The maximum Gasteiger partial charge on any atom is 0.311 e. The molecule has 94 valence electrons. The Kier molecular flexibility index (Phi) is 4.90. The molecule has 1 N–H and O–H groups in total. The van der Waals surface area contributed by atoms with Crippen LogP contribution in [0.5, 0.6) is 5.75 Å². The lowest BCUT2D eigenvalue weighted by Crippen LogP contribution is -2.20. The zero-order valence-electron chi connectivity index (χ0n) is 10.4. The van der Waals surface area contributed by atoms with Crippen molar-refractivity contribution in [1.82, 2.24) is 5.32 Å². The lowest BCUT2D eigenvalue weighted by atomic mass is 10.1. The molecule has 0 aliphatic carbocycles. The molecule has 0 amide bonds. The molecule has 1 aromatic rings. The van der Waals surface area contributed by atoms with Crippen LogP contribution in [0.4, 0.5) is 5.69 Å². The average molecular weight is 238 g/mol. The third kappa shape index (κ3) is 3.71. The van der Waals surface area contributed by atoms with Crippen LogP contribution in [0, 0.1) is 24.0 Å². The molecule has 1 aromatic carbocycles. The standard InChI is InChI=1S/C12H18N2O3/c1-4-13-5-6-17-12-10(3)7-9(2)8-11(12)14(15)16/h7-8,13H,4-6H2,1-3H3. The topological polar surface area (TPSA) is 64.4 Å². The van der Waals surface area contributed by atoms with E-state index in [9.17, 15) is 10.1 Å². The molecule has 0 radical (unpaired) electrons. The molecule has 1 rings (SSSR count). The Labute approximate surface area is 101 Å². The summed E-state index contributed by atoms with van der Waals surface area (Å²) in [4.78, 5) is 10.5. The van der Waals surface area contributed by atoms with Gasteiger partial charge in [0.1, 0.15) is 6.61 Å². The molecule has 5 heteroatoms. The van der Waals surface area contributed by atoms with Crippen LogP contribution in [0.25, 0.3) is 0 Å². The monoisotopic (exact) mass is 238 g/mol. The van der Waals surface area contributed by atoms with Gasteiger partial charge in [-0.3, -0.25) is 10.1 Å². The quantitative estimate of drug-likeness (QED) is 0.469. The first-order chi connectivity index (χ1) is 8.06. The summed E-state index contributed by atoms with van der Waals surface area (Å²) in [7, 11) is 0. The highest BCUT2D eigenvalue weighted by Gasteiger charge is 2.18. The highest BCUT2D eigenvalue weighted by molar-refractivity contribution is 5.53. The predicted octanol–water partition coefficient (Wildman–Crippen LogP) is 2.20. The van der Waals surface area contributed by atoms with Gasteiger partial charge in [0.15, 0.2) is 5.75 Å². The number of hydrogen-bond donors (Lipinski definition) is 1. The van der Waals surface area contributed by atoms with Gasteiger partial charge < -0.3 is 10.1 Å². The molecule has 0 heterocycles. The van der Waals surface area contributed by atoms with Crippen molar-refractivity contribution in [2.45, 2.75) is 20.8 Å². The molecule has 0 saturated carbocycles. The second kappa shape index (κ2) is 6.20. The van der Waals surface area contributed by atoms with E-state index in [0.717, 1.165) is 17.7 Å². The number of rotatable bonds is 6. The van der Waals surface area contributed by atoms with Crippen molar-refractivity contribution in [2.24, 2.45) is 0 Å². The number of aryl methyl sites for hydroxylation is 2. The molecule has 0 bridgehead atoms. The summed E-state index contributed by atoms with van der Waals surface area (Å²) >= 11 is 0. The number of benzene rings is 1. The van der Waals surface area contributed by atoms with Crippen molar-refractivity contribution in [3.05, 3.63) is 33.4 Å². The van der Waals surface area contributed by atoms with E-state index in [0.29, 0.717) is 18.9 Å². The fourth-order valence-electron chi connectivity index (χ4n) is 1.66. The van der Waals surface area contributed by atoms with Crippen LogP contribution >= 0.6 is 0 Å². The van der Waals surface area contributed by atoms with E-state index in [2.05, 4.69) is 5.32 Å². The van der Waals surface area contributed by atoms with E-state index in [1.54, 1.807) is 0 Å². The molecule has 0 saturated heterocycles. The lowest BCUT2D eigenvalue weighted by molar-refractivity contribution is -0.386. The SMILES string of the molecule is CCNCCOc1c(C)cc(C)cc1[N+](=O)[O-]. The summed E-state index contributed by atoms with van der Waals surface area (Å²) in [5, 5.41) is 14.0. The number of nitrogens with one attached hydrogen (secondary N) is 1. The fraction of sp³-hybridized carbons (Fsp3) is 0.500. The number of nitrogens with zero attached hydrogens (tertiary/aromatic N) is 1. The molecule has 0 fully saturated rings. The molecule has 0 aliphatic rings. The molecular formula is C12H18N2O3. The van der Waals surface area contributed by atoms with E-state index in [4.69, 9.17) is 4.74 Å². The highest BCUT2D eigenvalue weighted by Crippen LogP contribution is 2.31. The average Bonchev–Trinajstić information content (AvgIpc) is 2.25. The number of likely N-dealkylation sites (N-methyl/N-ethyl adjacent to an activating group) is 1. The zero-order valence-corrected chi connectivity index (χ0v) is 10.4. The Morgan fingerprint density at radius 2 is 2.12 bits per heavy atom. The molecule has 0 spiro atoms. The summed E-state index contributed by atoms with van der Waals surface area (Å²) in [6.07, 6.45) is 0. The van der Waals surface area contributed by atoms with Crippen LogP contribution in [-0.4, -0.2) is 24.6 Å². The van der Waals surface area contributed by atoms with Gasteiger partial charge in [0.2, 0.25) is 0 Å². The van der Waals surface area contributed by atoms with Crippen molar-refractivity contribution in [2.75, 3.05) is 19.7 Å². The maximum atomic E-state index is 10.9. The maximum absolute atomic E-state index is 10.9. The minimum absolute atomic E-state index is 0.0407.